The van der Waals surface area contributed by atoms with Gasteiger partial charge in [-0.1, -0.05) is 0 Å². The second-order valence-electron chi connectivity index (χ2n) is 6.48. The smallest absolute Gasteiger partial charge is 0.231 e. The van der Waals surface area contributed by atoms with Crippen molar-refractivity contribution < 1.29 is 37.9 Å². The second kappa shape index (κ2) is 8.89. The largest absolute Gasteiger partial charge is 0.493 e. The Labute approximate surface area is 169 Å². The molecule has 0 radical (unpaired) electrons. The fourth-order valence-corrected chi connectivity index (χ4v) is 3.14. The maximum atomic E-state index is 5.82. The monoisotopic (exact) mass is 404 g/mol. The van der Waals surface area contributed by atoms with Crippen LogP contribution in [0.1, 0.15) is 19.3 Å². The Hall–Kier alpha value is -3.16. The van der Waals surface area contributed by atoms with E-state index in [0.29, 0.717) is 59.2 Å². The van der Waals surface area contributed by atoms with E-state index in [1.165, 1.54) is 0 Å². The fraction of sp³-hybridized carbons (Fsp3) is 0.429. The minimum absolute atomic E-state index is 0.199. The lowest BCUT2D eigenvalue weighted by Crippen LogP contribution is -2.01. The highest BCUT2D eigenvalue weighted by Gasteiger charge is 2.21. The van der Waals surface area contributed by atoms with Crippen molar-refractivity contribution in [2.75, 3.05) is 41.0 Å². The van der Waals surface area contributed by atoms with Gasteiger partial charge in [0.2, 0.25) is 25.1 Å². The van der Waals surface area contributed by atoms with Crippen LogP contribution in [0.15, 0.2) is 24.3 Å². The van der Waals surface area contributed by atoms with E-state index in [0.717, 1.165) is 19.3 Å². The van der Waals surface area contributed by atoms with Gasteiger partial charge < -0.3 is 37.9 Å². The summed E-state index contributed by atoms with van der Waals surface area (Å²) < 4.78 is 43.8. The molecule has 156 valence electrons. The summed E-state index contributed by atoms with van der Waals surface area (Å²) in [6.45, 7) is 1.59. The van der Waals surface area contributed by atoms with Crippen molar-refractivity contribution in [1.29, 1.82) is 0 Å². The Kier molecular flexibility index (Phi) is 5.88. The lowest BCUT2D eigenvalue weighted by atomic mass is 10.2. The summed E-state index contributed by atoms with van der Waals surface area (Å²) in [5.74, 6) is 5.17. The van der Waals surface area contributed by atoms with Crippen molar-refractivity contribution in [2.24, 2.45) is 0 Å². The van der Waals surface area contributed by atoms with Gasteiger partial charge in [0, 0.05) is 24.3 Å². The molecule has 2 aromatic carbocycles. The van der Waals surface area contributed by atoms with Gasteiger partial charge in [0.25, 0.3) is 0 Å². The predicted octanol–water partition coefficient (Wildman–Crippen LogP) is 3.79. The summed E-state index contributed by atoms with van der Waals surface area (Å²) in [6.07, 6.45) is 2.79. The minimum Gasteiger partial charge on any atom is -0.493 e. The molecule has 0 fully saturated rings. The summed E-state index contributed by atoms with van der Waals surface area (Å²) in [5.41, 5.74) is 0. The average molecular weight is 404 g/mol. The van der Waals surface area contributed by atoms with Gasteiger partial charge in [-0.3, -0.25) is 0 Å². The molecule has 0 bridgehead atoms. The van der Waals surface area contributed by atoms with Gasteiger partial charge in [-0.15, -0.1) is 0 Å². The number of methoxy groups -OCH3 is 2. The van der Waals surface area contributed by atoms with Crippen molar-refractivity contribution in [3.8, 4) is 46.0 Å². The molecule has 2 aromatic rings. The zero-order valence-electron chi connectivity index (χ0n) is 16.5. The third-order valence-electron chi connectivity index (χ3n) is 4.59. The molecule has 0 aliphatic carbocycles. The van der Waals surface area contributed by atoms with Crippen molar-refractivity contribution in [2.45, 2.75) is 19.3 Å². The lowest BCUT2D eigenvalue weighted by molar-refractivity contribution is 0.171. The molecule has 2 aliphatic rings. The van der Waals surface area contributed by atoms with E-state index in [-0.39, 0.29) is 13.6 Å². The first-order valence-corrected chi connectivity index (χ1v) is 9.49. The third-order valence-corrected chi connectivity index (χ3v) is 4.59. The molecule has 0 N–H and O–H groups in total. The molecule has 2 heterocycles. The molecule has 0 atom stereocenters. The van der Waals surface area contributed by atoms with Crippen molar-refractivity contribution in [3.63, 3.8) is 0 Å². The summed E-state index contributed by atoms with van der Waals surface area (Å²) in [4.78, 5) is 0. The van der Waals surface area contributed by atoms with Crippen LogP contribution in [0.25, 0.3) is 0 Å². The van der Waals surface area contributed by atoms with Crippen LogP contribution in [0.3, 0.4) is 0 Å². The van der Waals surface area contributed by atoms with Gasteiger partial charge in [-0.2, -0.15) is 0 Å². The van der Waals surface area contributed by atoms with Crippen molar-refractivity contribution >= 4 is 0 Å². The molecule has 0 unspecified atom stereocenters. The Morgan fingerprint density at radius 3 is 1.59 bits per heavy atom. The summed E-state index contributed by atoms with van der Waals surface area (Å²) in [6, 6.07) is 7.26. The van der Waals surface area contributed by atoms with Crippen molar-refractivity contribution in [1.82, 2.24) is 0 Å². The van der Waals surface area contributed by atoms with Crippen LogP contribution < -0.4 is 37.9 Å². The SMILES string of the molecule is COc1cc(OCCCCCOc2cc(OC)c3c(c2)OCO3)cc2c1OCO2. The summed E-state index contributed by atoms with van der Waals surface area (Å²) in [7, 11) is 3.19. The van der Waals surface area contributed by atoms with Gasteiger partial charge in [-0.05, 0) is 19.3 Å². The fourth-order valence-electron chi connectivity index (χ4n) is 3.14. The average Bonchev–Trinajstić information content (AvgIpc) is 3.41. The van der Waals surface area contributed by atoms with E-state index in [9.17, 15) is 0 Å². The molecule has 2 aliphatic heterocycles. The summed E-state index contributed by atoms with van der Waals surface area (Å²) in [5, 5.41) is 0. The normalized spacial score (nSPS) is 13.3. The molecular formula is C21H24O8. The topological polar surface area (TPSA) is 73.8 Å². The number of fused-ring (bicyclic) bond motifs is 2. The number of rotatable bonds is 10. The second-order valence-corrected chi connectivity index (χ2v) is 6.48. The zero-order valence-corrected chi connectivity index (χ0v) is 16.5. The maximum absolute atomic E-state index is 5.82. The van der Waals surface area contributed by atoms with Crippen LogP contribution in [0.4, 0.5) is 0 Å². The molecule has 0 saturated carbocycles. The van der Waals surface area contributed by atoms with E-state index < -0.39 is 0 Å². The highest BCUT2D eigenvalue weighted by atomic mass is 16.7. The standard InChI is InChI=1S/C21H24O8/c1-22-16-8-14(10-18-20(16)28-12-26-18)24-6-4-3-5-7-25-15-9-17(23-2)21-19(11-15)27-13-29-21/h8-11H,3-7,12-13H2,1-2H3. The number of hydrogen-bond acceptors (Lipinski definition) is 8. The first-order valence-electron chi connectivity index (χ1n) is 9.49. The molecule has 0 aromatic heterocycles. The maximum Gasteiger partial charge on any atom is 0.231 e. The Morgan fingerprint density at radius 2 is 1.14 bits per heavy atom. The molecule has 0 spiro atoms. The molecule has 8 nitrogen and oxygen atoms in total. The van der Waals surface area contributed by atoms with Gasteiger partial charge >= 0.3 is 0 Å². The number of hydrogen-bond donors (Lipinski definition) is 0. The first kappa shape index (κ1) is 19.2. The van der Waals surface area contributed by atoms with E-state index in [1.54, 1.807) is 14.2 Å². The molecule has 4 rings (SSSR count). The lowest BCUT2D eigenvalue weighted by Gasteiger charge is -2.11. The minimum atomic E-state index is 0.199. The molecule has 0 amide bonds. The van der Waals surface area contributed by atoms with Crippen LogP contribution in [-0.2, 0) is 0 Å². The van der Waals surface area contributed by atoms with Crippen LogP contribution >= 0.6 is 0 Å². The zero-order chi connectivity index (χ0) is 20.1. The number of benzene rings is 2. The van der Waals surface area contributed by atoms with Gasteiger partial charge in [0.1, 0.15) is 11.5 Å². The first-order chi connectivity index (χ1) is 14.3. The number of unbranched alkanes of at least 4 members (excludes halogenated alkanes) is 2. The Bertz CT molecular complexity index is 782. The van der Waals surface area contributed by atoms with Crippen LogP contribution in [0.2, 0.25) is 0 Å². The van der Waals surface area contributed by atoms with Crippen LogP contribution in [0.5, 0.6) is 46.0 Å². The predicted molar refractivity (Wildman–Crippen MR) is 103 cm³/mol. The van der Waals surface area contributed by atoms with E-state index in [2.05, 4.69) is 0 Å². The Morgan fingerprint density at radius 1 is 0.655 bits per heavy atom. The van der Waals surface area contributed by atoms with Crippen LogP contribution in [0, 0.1) is 0 Å². The van der Waals surface area contributed by atoms with E-state index >= 15 is 0 Å². The Balaban J connectivity index is 1.18. The third kappa shape index (κ3) is 4.31. The summed E-state index contributed by atoms with van der Waals surface area (Å²) >= 11 is 0. The molecular weight excluding hydrogens is 380 g/mol. The van der Waals surface area contributed by atoms with Crippen LogP contribution in [-0.4, -0.2) is 41.0 Å². The molecule has 0 saturated heterocycles. The molecule has 8 heteroatoms. The van der Waals surface area contributed by atoms with Gasteiger partial charge in [-0.25, -0.2) is 0 Å². The van der Waals surface area contributed by atoms with Gasteiger partial charge in [0.05, 0.1) is 27.4 Å². The molecule has 29 heavy (non-hydrogen) atoms. The highest BCUT2D eigenvalue weighted by Crippen LogP contribution is 2.45. The van der Waals surface area contributed by atoms with E-state index in [1.807, 2.05) is 24.3 Å². The highest BCUT2D eigenvalue weighted by molar-refractivity contribution is 5.57. The quantitative estimate of drug-likeness (QED) is 0.554. The van der Waals surface area contributed by atoms with Gasteiger partial charge in [0.15, 0.2) is 23.0 Å². The van der Waals surface area contributed by atoms with E-state index in [4.69, 9.17) is 37.9 Å². The van der Waals surface area contributed by atoms with Crippen molar-refractivity contribution in [3.05, 3.63) is 24.3 Å². The number of ether oxygens (including phenoxy) is 8.